The monoisotopic (exact) mass is 860 g/mol. The molecule has 1 saturated heterocycles. The van der Waals surface area contributed by atoms with Gasteiger partial charge in [-0.15, -0.1) is 0 Å². The third-order valence-corrected chi connectivity index (χ3v) is 15.7. The van der Waals surface area contributed by atoms with Gasteiger partial charge in [-0.1, -0.05) is 83.3 Å². The number of hydrogen-bond donors (Lipinski definition) is 8. The number of Topliss-reactive ketones (excluding diaryl/α,β-unsaturated/α-hetero) is 2. The lowest BCUT2D eigenvalue weighted by Gasteiger charge is -2.49. The zero-order chi connectivity index (χ0) is 42.2. The molecule has 8 N–H and O–H groups in total. The van der Waals surface area contributed by atoms with Crippen molar-refractivity contribution in [1.29, 1.82) is 0 Å². The van der Waals surface area contributed by atoms with Crippen LogP contribution >= 0.6 is 21.6 Å². The molecule has 1 saturated carbocycles. The molecule has 5 aliphatic rings. The molecule has 320 valence electrons. The molecule has 1 spiro atoms. The second kappa shape index (κ2) is 17.5. The number of nitrogens with zero attached hydrogens (tertiary/aromatic N) is 1. The van der Waals surface area contributed by atoms with Crippen molar-refractivity contribution in [2.75, 3.05) is 17.8 Å². The van der Waals surface area contributed by atoms with E-state index in [0.29, 0.717) is 48.5 Å². The lowest BCUT2D eigenvalue weighted by Crippen LogP contribution is -2.68. The van der Waals surface area contributed by atoms with E-state index in [-0.39, 0.29) is 48.5 Å². The van der Waals surface area contributed by atoms with E-state index in [1.165, 1.54) is 39.8 Å². The average molecular weight is 861 g/mol. The molecule has 1 aromatic heterocycles. The molecule has 60 heavy (non-hydrogen) atoms. The number of carbonyl (C=O) groups is 2. The smallest absolute Gasteiger partial charge is 0.229 e. The molecule has 0 unspecified atom stereocenters. The predicted molar refractivity (Wildman–Crippen MR) is 227 cm³/mol. The SMILES string of the molecule is O=C1c2cccc3c2C(=O)[C@@]2(C(O)=CC(Cc4cccc(CO)c4)=C[C@H]12)[C@H](CCC1(O)CCCCC1)SSCNc1cc(ccn1)CC[C@]1(O)[C@H](O)[C@@H](CO)O[C@@H](O3)[C@@H]1O. The summed E-state index contributed by atoms with van der Waals surface area (Å²) in [5.41, 5.74) is -2.29. The van der Waals surface area contributed by atoms with Crippen molar-refractivity contribution in [3.63, 3.8) is 0 Å². The topological polar surface area (TPSA) is 219 Å². The lowest BCUT2D eigenvalue weighted by atomic mass is 9.56. The Kier molecular flexibility index (Phi) is 12.5. The Morgan fingerprint density at radius 1 is 0.933 bits per heavy atom. The van der Waals surface area contributed by atoms with Gasteiger partial charge in [0.15, 0.2) is 11.6 Å². The van der Waals surface area contributed by atoms with Crippen LogP contribution in [0.25, 0.3) is 0 Å². The first-order valence-corrected chi connectivity index (χ1v) is 23.0. The van der Waals surface area contributed by atoms with E-state index in [2.05, 4.69) is 10.3 Å². The normalized spacial score (nSPS) is 31.6. The number of rotatable bonds is 7. The fourth-order valence-electron chi connectivity index (χ4n) is 9.74. The van der Waals surface area contributed by atoms with Gasteiger partial charge in [-0.05, 0) is 91.5 Å². The zero-order valence-electron chi connectivity index (χ0n) is 33.1. The maximum atomic E-state index is 15.8. The van der Waals surface area contributed by atoms with Crippen LogP contribution in [0, 0.1) is 11.3 Å². The Morgan fingerprint density at radius 2 is 1.72 bits per heavy atom. The highest BCUT2D eigenvalue weighted by Crippen LogP contribution is 2.58. The van der Waals surface area contributed by atoms with Crippen LogP contribution in [0.1, 0.15) is 88.8 Å². The number of aliphatic hydroxyl groups excluding tert-OH is 5. The van der Waals surface area contributed by atoms with Crippen molar-refractivity contribution >= 4 is 39.0 Å². The molecule has 13 nitrogen and oxygen atoms in total. The first-order valence-electron chi connectivity index (χ1n) is 20.6. The van der Waals surface area contributed by atoms with Gasteiger partial charge in [0.1, 0.15) is 46.7 Å². The number of carbonyl (C=O) groups excluding carboxylic acids is 2. The summed E-state index contributed by atoms with van der Waals surface area (Å²) >= 11 is 0. The summed E-state index contributed by atoms with van der Waals surface area (Å²) in [5.74, 6) is -1.83. The van der Waals surface area contributed by atoms with Gasteiger partial charge in [-0.25, -0.2) is 4.98 Å². The lowest BCUT2D eigenvalue weighted by molar-refractivity contribution is -0.315. The van der Waals surface area contributed by atoms with Crippen molar-refractivity contribution in [2.45, 2.75) is 112 Å². The molecule has 8 rings (SSSR count). The highest BCUT2D eigenvalue weighted by molar-refractivity contribution is 8.77. The van der Waals surface area contributed by atoms with E-state index in [1.54, 1.807) is 36.5 Å². The number of aryl methyl sites for hydroxylation is 1. The molecular weight excluding hydrogens is 809 g/mol. The highest BCUT2D eigenvalue weighted by atomic mass is 33.1. The Morgan fingerprint density at radius 3 is 2.50 bits per heavy atom. The van der Waals surface area contributed by atoms with Crippen LogP contribution in [0.15, 0.2) is 84.3 Å². The van der Waals surface area contributed by atoms with Crippen molar-refractivity contribution < 1.29 is 54.8 Å². The van der Waals surface area contributed by atoms with Crippen LogP contribution in [-0.2, 0) is 24.2 Å². The number of hydrogen-bond acceptors (Lipinski definition) is 15. The predicted octanol–water partition coefficient (Wildman–Crippen LogP) is 4.97. The van der Waals surface area contributed by atoms with Gasteiger partial charge < -0.3 is 50.5 Å². The number of fused-ring (bicyclic) bond motifs is 4. The molecule has 2 fully saturated rings. The van der Waals surface area contributed by atoms with Crippen LogP contribution in [0.2, 0.25) is 0 Å². The van der Waals surface area contributed by atoms with Gasteiger partial charge >= 0.3 is 0 Å². The van der Waals surface area contributed by atoms with Crippen molar-refractivity contribution in [3.8, 4) is 5.75 Å². The first kappa shape index (κ1) is 42.9. The number of aliphatic hydroxyl groups is 7. The maximum Gasteiger partial charge on any atom is 0.229 e. The molecular formula is C45H52N2O11S2. The molecule has 3 heterocycles. The molecule has 6 bridgehead atoms. The molecule has 3 aromatic rings. The molecule has 2 aliphatic heterocycles. The fourth-order valence-corrected chi connectivity index (χ4v) is 12.5. The maximum absolute atomic E-state index is 15.8. The number of ketones is 2. The summed E-state index contributed by atoms with van der Waals surface area (Å²) in [6, 6.07) is 15.4. The van der Waals surface area contributed by atoms with Crippen LogP contribution in [0.3, 0.4) is 0 Å². The average Bonchev–Trinajstić information content (AvgIpc) is 3.25. The second-order valence-corrected chi connectivity index (χ2v) is 19.3. The largest absolute Gasteiger partial charge is 0.511 e. The Hall–Kier alpha value is -3.77. The molecule has 0 amide bonds. The Labute approximate surface area is 356 Å². The van der Waals surface area contributed by atoms with Gasteiger partial charge in [0.25, 0.3) is 0 Å². The van der Waals surface area contributed by atoms with Crippen LogP contribution in [-0.4, -0.2) is 106 Å². The van der Waals surface area contributed by atoms with Crippen LogP contribution in [0.4, 0.5) is 5.82 Å². The standard InChI is InChI=1S/C45H52N2O11S2/c48-23-28-7-4-6-27(18-28)19-29-20-31-38(51)30-8-5-9-32-37(30)40(53)45(31,34(50)21-29)35(11-15-43(55)13-2-1-3-14-43)60-59-25-47-36-22-26(12-17-46-36)10-16-44(56)39(52)33(24-49)58-42(57-32)41(44)54/h4-9,12,17-18,20-22,31,33,35,39,41-42,48-50,52,54-56H,1-3,10-11,13-16,19,23-25H2,(H,46,47)/t31-,33-,35+,39-,41+,42-,44+,45+/m1/s1. The van der Waals surface area contributed by atoms with E-state index in [9.17, 15) is 35.7 Å². The third-order valence-electron chi connectivity index (χ3n) is 13.0. The number of pyridine rings is 1. The van der Waals surface area contributed by atoms with Gasteiger partial charge in [-0.2, -0.15) is 0 Å². The Bertz CT molecular complexity index is 2160. The Balaban J connectivity index is 1.27. The molecule has 15 heteroatoms. The van der Waals surface area contributed by atoms with E-state index in [1.807, 2.05) is 18.2 Å². The van der Waals surface area contributed by atoms with E-state index in [0.717, 1.165) is 30.4 Å². The van der Waals surface area contributed by atoms with Crippen molar-refractivity contribution in [1.82, 2.24) is 4.98 Å². The number of benzene rings is 2. The molecule has 3 aliphatic carbocycles. The summed E-state index contributed by atoms with van der Waals surface area (Å²) in [6.45, 7) is -0.883. The highest BCUT2D eigenvalue weighted by Gasteiger charge is 2.63. The third kappa shape index (κ3) is 7.93. The number of nitrogens with one attached hydrogen (secondary N) is 1. The van der Waals surface area contributed by atoms with Gasteiger partial charge in [0.05, 0.1) is 36.2 Å². The fraction of sp³-hybridized carbons (Fsp3) is 0.489. The van der Waals surface area contributed by atoms with Crippen molar-refractivity contribution in [2.24, 2.45) is 11.3 Å². The summed E-state index contributed by atoms with van der Waals surface area (Å²) in [6.07, 6.45) is 3.12. The number of ether oxygens (including phenoxy) is 2. The van der Waals surface area contributed by atoms with Crippen LogP contribution in [0.5, 0.6) is 5.75 Å². The van der Waals surface area contributed by atoms with E-state index >= 15 is 9.59 Å². The van der Waals surface area contributed by atoms with E-state index < -0.39 is 70.6 Å². The van der Waals surface area contributed by atoms with Gasteiger partial charge in [-0.3, -0.25) is 9.59 Å². The van der Waals surface area contributed by atoms with Crippen LogP contribution < -0.4 is 10.1 Å². The summed E-state index contributed by atoms with van der Waals surface area (Å²) in [7, 11) is 2.76. The minimum Gasteiger partial charge on any atom is -0.511 e. The van der Waals surface area contributed by atoms with E-state index in [4.69, 9.17) is 9.47 Å². The summed E-state index contributed by atoms with van der Waals surface area (Å²) < 4.78 is 12.2. The zero-order valence-corrected chi connectivity index (χ0v) is 34.7. The molecule has 2 aromatic carbocycles. The molecule has 8 atom stereocenters. The quantitative estimate of drug-likeness (QED) is 0.147. The summed E-state index contributed by atoms with van der Waals surface area (Å²) in [5, 5.41) is 81.9. The second-order valence-electron chi connectivity index (χ2n) is 16.8. The number of aromatic nitrogens is 1. The number of anilines is 1. The minimum absolute atomic E-state index is 0.0351. The van der Waals surface area contributed by atoms with Gasteiger partial charge in [0.2, 0.25) is 6.29 Å². The molecule has 0 radical (unpaired) electrons. The summed E-state index contributed by atoms with van der Waals surface area (Å²) in [4.78, 5) is 35.4. The first-order chi connectivity index (χ1) is 28.9. The van der Waals surface area contributed by atoms with Crippen molar-refractivity contribution in [3.05, 3.63) is 112 Å². The minimum atomic E-state index is -2.24. The number of allylic oxidation sites excluding steroid dienone is 4. The van der Waals surface area contributed by atoms with Gasteiger partial charge in [0, 0.05) is 17.0 Å².